The molecule has 0 atom stereocenters. The van der Waals surface area contributed by atoms with Gasteiger partial charge in [0.05, 0.1) is 41.1 Å². The molecule has 216 valence electrons. The third-order valence-electron chi connectivity index (χ3n) is 6.51. The summed E-state index contributed by atoms with van der Waals surface area (Å²) in [6.45, 7) is 10.8. The number of aromatic nitrogens is 1. The molecule has 4 aromatic rings. The largest absolute Gasteiger partial charge is 0.744 e. The Morgan fingerprint density at radius 1 is 1.07 bits per heavy atom. The Hall–Kier alpha value is -3.32. The number of carboxylic acids is 1. The van der Waals surface area contributed by atoms with Crippen molar-refractivity contribution in [1.29, 1.82) is 0 Å². The molecule has 3 N–H and O–H groups in total. The molecular weight excluding hydrogens is 554 g/mol. The van der Waals surface area contributed by atoms with Gasteiger partial charge in [-0.25, -0.2) is 18.2 Å². The van der Waals surface area contributed by atoms with E-state index in [2.05, 4.69) is 31.1 Å². The maximum Gasteiger partial charge on any atom is 0.346 e. The van der Waals surface area contributed by atoms with Gasteiger partial charge >= 0.3 is 11.6 Å². The minimum absolute atomic E-state index is 0.0339. The fourth-order valence-electron chi connectivity index (χ4n) is 4.23. The Balaban J connectivity index is 0.000000559. The van der Waals surface area contributed by atoms with Gasteiger partial charge in [-0.3, -0.25) is 4.79 Å². The lowest BCUT2D eigenvalue weighted by atomic mass is 10.1. The molecule has 0 spiro atoms. The fraction of sp³-hybridized carbons (Fsp3) is 0.393. The van der Waals surface area contributed by atoms with Gasteiger partial charge < -0.3 is 24.3 Å². The van der Waals surface area contributed by atoms with Crippen LogP contribution in [0.2, 0.25) is 0 Å². The second kappa shape index (κ2) is 14.4. The van der Waals surface area contributed by atoms with Crippen LogP contribution in [-0.4, -0.2) is 55.2 Å². The summed E-state index contributed by atoms with van der Waals surface area (Å²) in [6, 6.07) is 11.9. The van der Waals surface area contributed by atoms with Crippen molar-refractivity contribution in [2.45, 2.75) is 51.3 Å². The third kappa shape index (κ3) is 8.10. The van der Waals surface area contributed by atoms with E-state index in [-0.39, 0.29) is 28.6 Å². The van der Waals surface area contributed by atoms with Crippen molar-refractivity contribution in [2.75, 3.05) is 31.5 Å². The number of carbonyl (C=O) groups is 1. The molecule has 0 unspecified atom stereocenters. The summed E-state index contributed by atoms with van der Waals surface area (Å²) >= 11 is 1.31. The first kappa shape index (κ1) is 31.2. The predicted octanol–water partition coefficient (Wildman–Crippen LogP) is 3.96. The molecule has 2 heterocycles. The fourth-order valence-corrected chi connectivity index (χ4v) is 6.00. The van der Waals surface area contributed by atoms with Gasteiger partial charge in [0, 0.05) is 18.4 Å². The molecule has 0 aliphatic rings. The number of anilines is 1. The summed E-state index contributed by atoms with van der Waals surface area (Å²) in [7, 11) is -4.97. The lowest BCUT2D eigenvalue weighted by Crippen LogP contribution is -3.11. The number of aliphatic carboxylic acids is 1. The van der Waals surface area contributed by atoms with Gasteiger partial charge in [0.2, 0.25) is 0 Å². The van der Waals surface area contributed by atoms with Gasteiger partial charge in [0.15, 0.2) is 5.58 Å². The first-order chi connectivity index (χ1) is 19.1. The smallest absolute Gasteiger partial charge is 0.346 e. The number of fused-ring (bicyclic) bond motifs is 2. The molecule has 0 bridgehead atoms. The van der Waals surface area contributed by atoms with E-state index in [0.717, 1.165) is 10.2 Å². The summed E-state index contributed by atoms with van der Waals surface area (Å²) in [5, 5.41) is 12.3. The van der Waals surface area contributed by atoms with Crippen LogP contribution >= 0.6 is 11.3 Å². The molecule has 0 amide bonds. The monoisotopic (exact) mass is 589 g/mol. The number of carboxylic acid groups (broad SMARTS) is 1. The molecule has 0 radical (unpaired) electrons. The van der Waals surface area contributed by atoms with Gasteiger partial charge in [-0.1, -0.05) is 18.6 Å². The number of para-hydroxylation sites is 1. The number of unbranched alkanes of at least 4 members (excludes halogenated alkanes) is 2. The van der Waals surface area contributed by atoms with Crippen LogP contribution in [-0.2, 0) is 14.9 Å². The highest BCUT2D eigenvalue weighted by molar-refractivity contribution is 7.86. The molecule has 10 nitrogen and oxygen atoms in total. The minimum atomic E-state index is -4.97. The maximum atomic E-state index is 12.7. The summed E-state index contributed by atoms with van der Waals surface area (Å²) < 4.78 is 42.3. The number of rotatable bonds is 12. The lowest BCUT2D eigenvalue weighted by Gasteiger charge is -2.16. The number of nitrogens with one attached hydrogen (secondary N) is 2. The number of benzene rings is 2. The van der Waals surface area contributed by atoms with Crippen LogP contribution in [0.5, 0.6) is 0 Å². The van der Waals surface area contributed by atoms with Crippen LogP contribution in [0, 0.1) is 0 Å². The van der Waals surface area contributed by atoms with Gasteiger partial charge in [-0.2, -0.15) is 0 Å². The van der Waals surface area contributed by atoms with E-state index in [1.54, 1.807) is 11.0 Å². The van der Waals surface area contributed by atoms with Gasteiger partial charge in [-0.05, 0) is 63.9 Å². The second-order valence-corrected chi connectivity index (χ2v) is 11.5. The zero-order chi connectivity index (χ0) is 29.3. The third-order valence-corrected chi connectivity index (χ3v) is 8.49. The SMILES string of the molecule is CC[NH+](CC)CC.O=C(O)CCCCCNc1ccc2cc(-c3nc4ccccc4s3)c(=O)oc2c1S(=O)(=O)[O-]. The summed E-state index contributed by atoms with van der Waals surface area (Å²) in [5.41, 5.74) is -0.167. The van der Waals surface area contributed by atoms with E-state index in [0.29, 0.717) is 30.8 Å². The highest BCUT2D eigenvalue weighted by Gasteiger charge is 2.20. The van der Waals surface area contributed by atoms with Crippen LogP contribution < -0.4 is 15.8 Å². The highest BCUT2D eigenvalue weighted by atomic mass is 32.2. The Kier molecular flexibility index (Phi) is 11.2. The summed E-state index contributed by atoms with van der Waals surface area (Å²) in [5.74, 6) is -0.877. The average Bonchev–Trinajstić information content (AvgIpc) is 3.34. The number of thiazole rings is 1. The topological polar surface area (TPSA) is 154 Å². The van der Waals surface area contributed by atoms with Crippen molar-refractivity contribution in [3.8, 4) is 10.6 Å². The van der Waals surface area contributed by atoms with Crippen LogP contribution in [0.25, 0.3) is 31.8 Å². The quantitative estimate of drug-likeness (QED) is 0.127. The van der Waals surface area contributed by atoms with E-state index in [1.807, 2.05) is 24.3 Å². The second-order valence-electron chi connectivity index (χ2n) is 9.19. The van der Waals surface area contributed by atoms with Crippen LogP contribution in [0.15, 0.2) is 56.6 Å². The summed E-state index contributed by atoms with van der Waals surface area (Å²) in [4.78, 5) is 28.8. The molecule has 0 aliphatic carbocycles. The molecule has 0 saturated heterocycles. The predicted molar refractivity (Wildman–Crippen MR) is 156 cm³/mol. The zero-order valence-corrected chi connectivity index (χ0v) is 24.5. The van der Waals surface area contributed by atoms with Gasteiger partial charge in [0.25, 0.3) is 0 Å². The van der Waals surface area contributed by atoms with Crippen molar-refractivity contribution in [3.05, 3.63) is 52.9 Å². The van der Waals surface area contributed by atoms with Crippen molar-refractivity contribution in [3.63, 3.8) is 0 Å². The molecule has 2 aromatic heterocycles. The van der Waals surface area contributed by atoms with Crippen LogP contribution in [0.3, 0.4) is 0 Å². The van der Waals surface area contributed by atoms with Crippen LogP contribution in [0.1, 0.15) is 46.5 Å². The first-order valence-corrected chi connectivity index (χ1v) is 15.5. The van der Waals surface area contributed by atoms with Gasteiger partial charge in [0.1, 0.15) is 20.0 Å². The zero-order valence-electron chi connectivity index (χ0n) is 22.9. The van der Waals surface area contributed by atoms with E-state index < -0.39 is 26.6 Å². The van der Waals surface area contributed by atoms with E-state index in [4.69, 9.17) is 9.52 Å². The maximum absolute atomic E-state index is 12.7. The molecule has 40 heavy (non-hydrogen) atoms. The Morgan fingerprint density at radius 3 is 2.38 bits per heavy atom. The normalized spacial score (nSPS) is 11.5. The molecule has 4 rings (SSSR count). The molecule has 0 saturated carbocycles. The van der Waals surface area contributed by atoms with Crippen molar-refractivity contribution in [1.82, 2.24) is 4.98 Å². The molecule has 0 aliphatic heterocycles. The van der Waals surface area contributed by atoms with E-state index in [9.17, 15) is 22.6 Å². The summed E-state index contributed by atoms with van der Waals surface area (Å²) in [6.07, 6.45) is 1.74. The Bertz CT molecular complexity index is 1570. The number of quaternary nitrogens is 1. The number of nitrogens with zero attached hydrogens (tertiary/aromatic N) is 1. The van der Waals surface area contributed by atoms with Crippen molar-refractivity contribution in [2.24, 2.45) is 0 Å². The van der Waals surface area contributed by atoms with E-state index in [1.165, 1.54) is 43.1 Å². The first-order valence-electron chi connectivity index (χ1n) is 13.3. The Morgan fingerprint density at radius 2 is 1.77 bits per heavy atom. The van der Waals surface area contributed by atoms with Gasteiger partial charge in [-0.15, -0.1) is 11.3 Å². The average molecular weight is 590 g/mol. The highest BCUT2D eigenvalue weighted by Crippen LogP contribution is 2.34. The molecule has 2 aromatic carbocycles. The van der Waals surface area contributed by atoms with Crippen LogP contribution in [0.4, 0.5) is 5.69 Å². The number of hydrogen-bond donors (Lipinski definition) is 3. The molecular formula is C28H35N3O7S2. The molecule has 12 heteroatoms. The van der Waals surface area contributed by atoms with Crippen molar-refractivity contribution < 1.29 is 32.2 Å². The van der Waals surface area contributed by atoms with E-state index >= 15 is 0 Å². The standard InChI is InChI=1S/C22H20N2O7S2.C6H15N/c25-18(26)8-2-1-5-11-23-16-10-9-13-12-14(21-24-15-6-3-4-7-17(15)32-21)22(27)31-19(13)20(16)33(28,29)30;1-4-7(5-2)6-3/h3-4,6-7,9-10,12,23H,1-2,5,8,11H2,(H,25,26)(H,28,29,30);4-6H2,1-3H3. The van der Waals surface area contributed by atoms with Crippen molar-refractivity contribution >= 4 is 54.3 Å². The molecule has 0 fully saturated rings. The minimum Gasteiger partial charge on any atom is -0.744 e. The Labute approximate surface area is 237 Å². The lowest BCUT2D eigenvalue weighted by molar-refractivity contribution is -0.894. The number of hydrogen-bond acceptors (Lipinski definition) is 9.